The fourth-order valence-corrected chi connectivity index (χ4v) is 1.03. The molecule has 6 nitrogen and oxygen atoms in total. The fourth-order valence-electron chi connectivity index (χ4n) is 0.343. The van der Waals surface area contributed by atoms with Gasteiger partial charge in [0.25, 0.3) is 0 Å². The van der Waals surface area contributed by atoms with Crippen LogP contribution in [0.25, 0.3) is 0 Å². The van der Waals surface area contributed by atoms with Crippen molar-refractivity contribution in [3.8, 4) is 0 Å². The summed E-state index contributed by atoms with van der Waals surface area (Å²) in [5.41, 5.74) is 9.24. The van der Waals surface area contributed by atoms with Gasteiger partial charge in [0, 0.05) is 0 Å². The van der Waals surface area contributed by atoms with Crippen molar-refractivity contribution < 1.29 is 18.5 Å². The fraction of sp³-hybridized carbons (Fsp3) is 0.667. The molecule has 0 aromatic carbocycles. The number of thiocarbonyl (C=S) groups is 1. The van der Waals surface area contributed by atoms with Crippen molar-refractivity contribution in [2.45, 2.75) is 0 Å². The molecule has 0 saturated carbocycles. The smallest absolute Gasteiger partial charge is 0.377 e. The first-order chi connectivity index (χ1) is 4.94. The molecule has 8 heteroatoms. The van der Waals surface area contributed by atoms with Crippen molar-refractivity contribution in [3.63, 3.8) is 0 Å². The van der Waals surface area contributed by atoms with Gasteiger partial charge in [-0.05, 0) is 12.2 Å². The van der Waals surface area contributed by atoms with E-state index in [2.05, 4.69) is 32.7 Å². The zero-order valence-corrected chi connectivity index (χ0v) is 7.31. The van der Waals surface area contributed by atoms with Crippen LogP contribution in [0.5, 0.6) is 0 Å². The van der Waals surface area contributed by atoms with Crippen LogP contribution in [0.3, 0.4) is 0 Å². The highest BCUT2D eigenvalue weighted by molar-refractivity contribution is 7.80. The Balaban J connectivity index is 0.000000218. The summed E-state index contributed by atoms with van der Waals surface area (Å²) in [6.07, 6.45) is 0. The van der Waals surface area contributed by atoms with Crippen LogP contribution in [0.1, 0.15) is 0 Å². The van der Waals surface area contributed by atoms with E-state index >= 15 is 0 Å². The molecule has 0 spiro atoms. The van der Waals surface area contributed by atoms with Crippen molar-refractivity contribution in [2.75, 3.05) is 13.2 Å². The van der Waals surface area contributed by atoms with Gasteiger partial charge >= 0.3 is 7.82 Å². The van der Waals surface area contributed by atoms with Gasteiger partial charge in [-0.1, -0.05) is 0 Å². The van der Waals surface area contributed by atoms with Gasteiger partial charge in [-0.25, -0.2) is 4.57 Å². The molecule has 0 aromatic heterocycles. The molecule has 1 heterocycles. The van der Waals surface area contributed by atoms with E-state index in [9.17, 15) is 4.57 Å². The minimum Gasteiger partial charge on any atom is -0.377 e. The Morgan fingerprint density at radius 3 is 1.82 bits per heavy atom. The lowest BCUT2D eigenvalue weighted by Gasteiger charge is -1.94. The van der Waals surface area contributed by atoms with Crippen LogP contribution in [0.4, 0.5) is 0 Å². The summed E-state index contributed by atoms with van der Waals surface area (Å²) in [7, 11) is -3.54. The van der Waals surface area contributed by atoms with E-state index in [1.165, 1.54) is 0 Å². The van der Waals surface area contributed by atoms with Gasteiger partial charge in [0.05, 0.1) is 13.2 Å². The Kier molecular flexibility index (Phi) is 4.55. The van der Waals surface area contributed by atoms with Crippen molar-refractivity contribution in [1.82, 2.24) is 0 Å². The van der Waals surface area contributed by atoms with Gasteiger partial charge in [0.15, 0.2) is 5.11 Å². The summed E-state index contributed by atoms with van der Waals surface area (Å²) >= 11 is 4.09. The van der Waals surface area contributed by atoms with Crippen LogP contribution in [-0.2, 0) is 13.6 Å². The van der Waals surface area contributed by atoms with E-state index in [0.717, 1.165) is 0 Å². The minimum absolute atomic E-state index is 0.000000000000000222. The molecule has 0 bridgehead atoms. The van der Waals surface area contributed by atoms with Crippen LogP contribution >= 0.6 is 20.0 Å². The number of hydrogen-bond acceptors (Lipinski definition) is 4. The third kappa shape index (κ3) is 7.70. The predicted molar refractivity (Wildman–Crippen MR) is 42.7 cm³/mol. The SMILES string of the molecule is NC(N)=S.O=P1(O)OCCO1. The first-order valence-corrected chi connectivity index (χ1v) is 4.51. The summed E-state index contributed by atoms with van der Waals surface area (Å²) in [5, 5.41) is 0.000000000000000222. The molecule has 0 unspecified atom stereocenters. The molecule has 11 heavy (non-hydrogen) atoms. The van der Waals surface area contributed by atoms with Crippen LogP contribution in [-0.4, -0.2) is 23.2 Å². The molecule has 5 N–H and O–H groups in total. The van der Waals surface area contributed by atoms with Crippen molar-refractivity contribution in [1.29, 1.82) is 0 Å². The van der Waals surface area contributed by atoms with E-state index in [-0.39, 0.29) is 18.3 Å². The van der Waals surface area contributed by atoms with Gasteiger partial charge in [0.1, 0.15) is 0 Å². The van der Waals surface area contributed by atoms with Crippen molar-refractivity contribution >= 4 is 25.2 Å². The van der Waals surface area contributed by atoms with Crippen LogP contribution in [0.2, 0.25) is 0 Å². The number of phosphoric acid groups is 1. The number of rotatable bonds is 0. The molecule has 1 fully saturated rings. The number of hydrogen-bond donors (Lipinski definition) is 3. The maximum atomic E-state index is 10.1. The summed E-state index contributed by atoms with van der Waals surface area (Å²) < 4.78 is 18.6. The van der Waals surface area contributed by atoms with Crippen LogP contribution in [0.15, 0.2) is 0 Å². The average Bonchev–Trinajstić information content (AvgIpc) is 2.11. The van der Waals surface area contributed by atoms with E-state index in [1.807, 2.05) is 0 Å². The molecular formula is C3H9N2O4PS. The minimum atomic E-state index is -3.54. The summed E-state index contributed by atoms with van der Waals surface area (Å²) in [4.78, 5) is 8.31. The van der Waals surface area contributed by atoms with Gasteiger partial charge in [-0.3, -0.25) is 9.05 Å². The molecule has 1 aliphatic heterocycles. The Bertz CT molecular complexity index is 172. The Labute approximate surface area is 69.1 Å². The van der Waals surface area contributed by atoms with Gasteiger partial charge in [-0.2, -0.15) is 0 Å². The monoisotopic (exact) mass is 200 g/mol. The highest BCUT2D eigenvalue weighted by Crippen LogP contribution is 2.46. The van der Waals surface area contributed by atoms with Gasteiger partial charge < -0.3 is 16.4 Å². The summed E-state index contributed by atoms with van der Waals surface area (Å²) in [6.45, 7) is 0.460. The average molecular weight is 200 g/mol. The van der Waals surface area contributed by atoms with Gasteiger partial charge in [0.2, 0.25) is 0 Å². The molecule has 1 saturated heterocycles. The second-order valence-electron chi connectivity index (χ2n) is 1.54. The predicted octanol–water partition coefficient (Wildman–Crippen LogP) is -0.678. The first-order valence-electron chi connectivity index (χ1n) is 2.61. The molecule has 0 aromatic rings. The lowest BCUT2D eigenvalue weighted by molar-refractivity contribution is 0.262. The molecule has 0 amide bonds. The maximum absolute atomic E-state index is 10.1. The molecular weight excluding hydrogens is 191 g/mol. The highest BCUT2D eigenvalue weighted by atomic mass is 32.1. The third-order valence-electron chi connectivity index (χ3n) is 0.592. The summed E-state index contributed by atoms with van der Waals surface area (Å²) in [5.74, 6) is 0. The largest absolute Gasteiger partial charge is 0.472 e. The first kappa shape index (κ1) is 10.8. The zero-order valence-electron chi connectivity index (χ0n) is 5.60. The van der Waals surface area contributed by atoms with E-state index < -0.39 is 7.82 Å². The zero-order chi connectivity index (χ0) is 8.91. The second-order valence-corrected chi connectivity index (χ2v) is 3.46. The quantitative estimate of drug-likeness (QED) is 0.351. The Morgan fingerprint density at radius 2 is 1.73 bits per heavy atom. The highest BCUT2D eigenvalue weighted by Gasteiger charge is 2.26. The lowest BCUT2D eigenvalue weighted by Crippen LogP contribution is -2.18. The standard InChI is InChI=1S/C2H5O4P.CH4N2S/c3-7(4)5-1-2-6-7;2-1(3)4/h1-2H2,(H,3,4);(H4,2,3,4). The molecule has 66 valence electrons. The van der Waals surface area contributed by atoms with Crippen molar-refractivity contribution in [3.05, 3.63) is 0 Å². The normalized spacial score (nSPS) is 20.1. The summed E-state index contributed by atoms with van der Waals surface area (Å²) in [6, 6.07) is 0. The molecule has 0 aliphatic carbocycles. The topological polar surface area (TPSA) is 108 Å². The number of nitrogens with two attached hydrogens (primary N) is 2. The van der Waals surface area contributed by atoms with E-state index in [4.69, 9.17) is 4.89 Å². The molecule has 0 radical (unpaired) electrons. The lowest BCUT2D eigenvalue weighted by atomic mass is 10.8. The maximum Gasteiger partial charge on any atom is 0.472 e. The van der Waals surface area contributed by atoms with E-state index in [1.54, 1.807) is 0 Å². The van der Waals surface area contributed by atoms with E-state index in [0.29, 0.717) is 0 Å². The van der Waals surface area contributed by atoms with Crippen LogP contribution < -0.4 is 11.5 Å². The molecule has 0 atom stereocenters. The number of phosphoric ester groups is 1. The van der Waals surface area contributed by atoms with Crippen LogP contribution in [0, 0.1) is 0 Å². The molecule has 1 aliphatic rings. The van der Waals surface area contributed by atoms with Gasteiger partial charge in [-0.15, -0.1) is 0 Å². The Hall–Kier alpha value is -0.200. The van der Waals surface area contributed by atoms with Crippen molar-refractivity contribution in [2.24, 2.45) is 11.5 Å². The Morgan fingerprint density at radius 1 is 1.45 bits per heavy atom. The third-order valence-corrected chi connectivity index (χ3v) is 1.61. The molecule has 1 rings (SSSR count). The second kappa shape index (κ2) is 4.63.